The number of anilines is 1. The van der Waals surface area contributed by atoms with Gasteiger partial charge in [-0.15, -0.1) is 0 Å². The molecule has 0 saturated carbocycles. The second-order valence-electron chi connectivity index (χ2n) is 6.83. The molecule has 0 unspecified atom stereocenters. The number of amides is 1. The fourth-order valence-corrected chi connectivity index (χ4v) is 3.54. The molecule has 0 spiro atoms. The summed E-state index contributed by atoms with van der Waals surface area (Å²) in [5.74, 6) is 0.941. The fourth-order valence-electron chi connectivity index (χ4n) is 3.54. The van der Waals surface area contributed by atoms with Crippen molar-refractivity contribution >= 4 is 11.7 Å². The molecular formula is C20H25N3O3. The molecule has 1 aliphatic rings. The van der Waals surface area contributed by atoms with Crippen molar-refractivity contribution in [2.45, 2.75) is 19.3 Å². The summed E-state index contributed by atoms with van der Waals surface area (Å²) in [7, 11) is 0. The number of rotatable bonds is 7. The van der Waals surface area contributed by atoms with Gasteiger partial charge in [0.2, 0.25) is 0 Å². The van der Waals surface area contributed by atoms with Gasteiger partial charge >= 0.3 is 0 Å². The highest BCUT2D eigenvalue weighted by atomic mass is 16.5. The number of ether oxygens (including phenoxy) is 1. The molecule has 6 nitrogen and oxygen atoms in total. The van der Waals surface area contributed by atoms with Crippen LogP contribution >= 0.6 is 0 Å². The third kappa shape index (κ3) is 4.14. The average Bonchev–Trinajstić information content (AvgIpc) is 2.69. The van der Waals surface area contributed by atoms with E-state index in [1.165, 1.54) is 0 Å². The van der Waals surface area contributed by atoms with E-state index < -0.39 is 5.91 Å². The van der Waals surface area contributed by atoms with Crippen LogP contribution in [0.3, 0.4) is 0 Å². The predicted octanol–water partition coefficient (Wildman–Crippen LogP) is 2.23. The maximum Gasteiger partial charge on any atom is 0.252 e. The summed E-state index contributed by atoms with van der Waals surface area (Å²) in [6, 6.07) is 13.1. The molecule has 2 heterocycles. The van der Waals surface area contributed by atoms with Gasteiger partial charge in [0.15, 0.2) is 0 Å². The van der Waals surface area contributed by atoms with E-state index in [1.54, 1.807) is 18.3 Å². The minimum absolute atomic E-state index is 0.0698. The first kappa shape index (κ1) is 18.2. The molecule has 6 heteroatoms. The fraction of sp³-hybridized carbons (Fsp3) is 0.400. The number of aliphatic hydroxyl groups excluding tert-OH is 1. The Balaban J connectivity index is 1.69. The third-order valence-corrected chi connectivity index (χ3v) is 4.99. The molecule has 1 saturated heterocycles. The maximum atomic E-state index is 11.7. The smallest absolute Gasteiger partial charge is 0.252 e. The molecule has 1 amide bonds. The molecule has 138 valence electrons. The Morgan fingerprint density at radius 3 is 2.81 bits per heavy atom. The first-order valence-corrected chi connectivity index (χ1v) is 8.92. The summed E-state index contributed by atoms with van der Waals surface area (Å²) in [6.07, 6.45) is 4.22. The minimum Gasteiger partial charge on any atom is -0.494 e. The van der Waals surface area contributed by atoms with Crippen LogP contribution in [0.2, 0.25) is 0 Å². The molecule has 3 N–H and O–H groups in total. The summed E-state index contributed by atoms with van der Waals surface area (Å²) < 4.78 is 5.82. The summed E-state index contributed by atoms with van der Waals surface area (Å²) in [5, 5.41) is 10.1. The number of nitrogens with two attached hydrogens (primary N) is 1. The van der Waals surface area contributed by atoms with Gasteiger partial charge in [-0.2, -0.15) is 0 Å². The highest BCUT2D eigenvalue weighted by molar-refractivity contribution is 5.97. The topological polar surface area (TPSA) is 88.7 Å². The molecule has 3 rings (SSSR count). The number of piperidine rings is 1. The van der Waals surface area contributed by atoms with Crippen LogP contribution in [-0.4, -0.2) is 42.3 Å². The number of aromatic nitrogens is 1. The second kappa shape index (κ2) is 8.19. The lowest BCUT2D eigenvalue weighted by Crippen LogP contribution is -2.47. The monoisotopic (exact) mass is 355 g/mol. The van der Waals surface area contributed by atoms with E-state index in [0.717, 1.165) is 31.6 Å². The quantitative estimate of drug-likeness (QED) is 0.795. The Labute approximate surface area is 153 Å². The lowest BCUT2D eigenvalue weighted by Gasteiger charge is -2.42. The Kier molecular flexibility index (Phi) is 5.73. The number of nitrogens with zero attached hydrogens (tertiary/aromatic N) is 2. The molecule has 0 aliphatic carbocycles. The van der Waals surface area contributed by atoms with E-state index in [2.05, 4.69) is 9.88 Å². The molecule has 2 aromatic rings. The van der Waals surface area contributed by atoms with Crippen molar-refractivity contribution in [1.82, 2.24) is 4.98 Å². The van der Waals surface area contributed by atoms with Crippen molar-refractivity contribution in [2.24, 2.45) is 11.1 Å². The molecule has 1 fully saturated rings. The number of pyridine rings is 1. The molecule has 26 heavy (non-hydrogen) atoms. The van der Waals surface area contributed by atoms with E-state index in [0.29, 0.717) is 24.5 Å². The van der Waals surface area contributed by atoms with Crippen LogP contribution < -0.4 is 15.4 Å². The first-order valence-electron chi connectivity index (χ1n) is 8.92. The van der Waals surface area contributed by atoms with Crippen molar-refractivity contribution in [3.05, 3.63) is 54.2 Å². The predicted molar refractivity (Wildman–Crippen MR) is 100 cm³/mol. The van der Waals surface area contributed by atoms with Crippen LogP contribution in [0.15, 0.2) is 48.7 Å². The SMILES string of the molecule is NC(=O)c1cccnc1N1CCC[C@@](CO)(CCOc2ccccc2)C1. The van der Waals surface area contributed by atoms with Crippen molar-refractivity contribution in [2.75, 3.05) is 31.2 Å². The van der Waals surface area contributed by atoms with Gasteiger partial charge in [-0.05, 0) is 43.5 Å². The molecule has 0 radical (unpaired) electrons. The van der Waals surface area contributed by atoms with E-state index in [1.807, 2.05) is 30.3 Å². The number of hydrogen-bond donors (Lipinski definition) is 2. The minimum atomic E-state index is -0.485. The zero-order valence-electron chi connectivity index (χ0n) is 14.8. The third-order valence-electron chi connectivity index (χ3n) is 4.99. The number of primary amides is 1. The van der Waals surface area contributed by atoms with Gasteiger partial charge in [-0.25, -0.2) is 4.98 Å². The Morgan fingerprint density at radius 2 is 2.08 bits per heavy atom. The van der Waals surface area contributed by atoms with Crippen LogP contribution in [0.4, 0.5) is 5.82 Å². The van der Waals surface area contributed by atoms with Crippen molar-refractivity contribution < 1.29 is 14.6 Å². The van der Waals surface area contributed by atoms with E-state index >= 15 is 0 Å². The van der Waals surface area contributed by atoms with Crippen LogP contribution in [0, 0.1) is 5.41 Å². The van der Waals surface area contributed by atoms with Crippen LogP contribution in [0.1, 0.15) is 29.6 Å². The lowest BCUT2D eigenvalue weighted by atomic mass is 9.78. The molecule has 1 aromatic heterocycles. The maximum absolute atomic E-state index is 11.7. The molecule has 1 aliphatic heterocycles. The summed E-state index contributed by atoms with van der Waals surface area (Å²) >= 11 is 0. The summed E-state index contributed by atoms with van der Waals surface area (Å²) in [6.45, 7) is 2.02. The van der Waals surface area contributed by atoms with Crippen LogP contribution in [0.25, 0.3) is 0 Å². The van der Waals surface area contributed by atoms with Gasteiger partial charge in [0.25, 0.3) is 5.91 Å². The zero-order chi connectivity index (χ0) is 18.4. The van der Waals surface area contributed by atoms with Gasteiger partial charge in [0.05, 0.1) is 18.8 Å². The molecule has 1 atom stereocenters. The number of para-hydroxylation sites is 1. The number of carbonyl (C=O) groups is 1. The number of carbonyl (C=O) groups excluding carboxylic acids is 1. The Morgan fingerprint density at radius 1 is 1.27 bits per heavy atom. The van der Waals surface area contributed by atoms with E-state index in [4.69, 9.17) is 10.5 Å². The summed E-state index contributed by atoms with van der Waals surface area (Å²) in [4.78, 5) is 18.1. The van der Waals surface area contributed by atoms with E-state index in [-0.39, 0.29) is 12.0 Å². The molecule has 0 bridgehead atoms. The normalized spacial score (nSPS) is 20.0. The zero-order valence-corrected chi connectivity index (χ0v) is 14.8. The first-order chi connectivity index (χ1) is 12.6. The summed E-state index contributed by atoms with van der Waals surface area (Å²) in [5.41, 5.74) is 5.63. The average molecular weight is 355 g/mol. The lowest BCUT2D eigenvalue weighted by molar-refractivity contribution is 0.0790. The van der Waals surface area contributed by atoms with Gasteiger partial charge in [0.1, 0.15) is 11.6 Å². The van der Waals surface area contributed by atoms with Gasteiger partial charge < -0.3 is 20.5 Å². The van der Waals surface area contributed by atoms with E-state index in [9.17, 15) is 9.90 Å². The number of hydrogen-bond acceptors (Lipinski definition) is 5. The second-order valence-corrected chi connectivity index (χ2v) is 6.83. The van der Waals surface area contributed by atoms with Gasteiger partial charge in [0, 0.05) is 24.7 Å². The Bertz CT molecular complexity index is 738. The van der Waals surface area contributed by atoms with Crippen molar-refractivity contribution in [3.8, 4) is 5.75 Å². The van der Waals surface area contributed by atoms with Gasteiger partial charge in [-0.1, -0.05) is 18.2 Å². The molecular weight excluding hydrogens is 330 g/mol. The Hall–Kier alpha value is -2.60. The largest absolute Gasteiger partial charge is 0.494 e. The van der Waals surface area contributed by atoms with Crippen molar-refractivity contribution in [1.29, 1.82) is 0 Å². The number of benzene rings is 1. The standard InChI is InChI=1S/C20H25N3O3/c21-18(25)17-8-4-11-22-19(17)23-12-5-9-20(14-23,15-24)10-13-26-16-6-2-1-3-7-16/h1-4,6-8,11,24H,5,9-10,12-15H2,(H2,21,25)/t20-/m1/s1. The van der Waals surface area contributed by atoms with Crippen molar-refractivity contribution in [3.63, 3.8) is 0 Å². The number of aliphatic hydroxyl groups is 1. The molecule has 1 aromatic carbocycles. The van der Waals surface area contributed by atoms with Crippen LogP contribution in [0.5, 0.6) is 5.75 Å². The highest BCUT2D eigenvalue weighted by Crippen LogP contribution is 2.35. The highest BCUT2D eigenvalue weighted by Gasteiger charge is 2.36. The van der Waals surface area contributed by atoms with Crippen LogP contribution in [-0.2, 0) is 0 Å². The van der Waals surface area contributed by atoms with Gasteiger partial charge in [-0.3, -0.25) is 4.79 Å².